The van der Waals surface area contributed by atoms with Crippen LogP contribution < -0.4 is 0 Å². The van der Waals surface area contributed by atoms with Crippen LogP contribution in [0, 0.1) is 6.92 Å². The van der Waals surface area contributed by atoms with Gasteiger partial charge in [0.1, 0.15) is 11.3 Å². The number of hydrogen-bond acceptors (Lipinski definition) is 2. The number of hydrogen-bond donors (Lipinski definition) is 0. The fourth-order valence-corrected chi connectivity index (χ4v) is 2.91. The van der Waals surface area contributed by atoms with E-state index in [1.807, 2.05) is 18.7 Å². The second kappa shape index (κ2) is 5.95. The monoisotopic (exact) mass is 282 g/mol. The Morgan fingerprint density at radius 1 is 1.32 bits per heavy atom. The zero-order valence-electron chi connectivity index (χ0n) is 12.3. The number of alkyl halides is 1. The summed E-state index contributed by atoms with van der Waals surface area (Å²) in [5.74, 6) is 1.41. The van der Waals surface area contributed by atoms with Gasteiger partial charge in [0.05, 0.1) is 11.6 Å². The van der Waals surface area contributed by atoms with Crippen molar-refractivity contribution in [3.05, 3.63) is 11.5 Å². The van der Waals surface area contributed by atoms with Crippen LogP contribution in [0.1, 0.15) is 57.1 Å². The highest BCUT2D eigenvalue weighted by molar-refractivity contribution is 6.16. The molecule has 0 amide bonds. The van der Waals surface area contributed by atoms with Gasteiger partial charge < -0.3 is 4.57 Å². The van der Waals surface area contributed by atoms with E-state index < -0.39 is 0 Å². The minimum absolute atomic E-state index is 0.417. The summed E-state index contributed by atoms with van der Waals surface area (Å²) in [5.41, 5.74) is 3.06. The molecule has 2 heterocycles. The van der Waals surface area contributed by atoms with Crippen molar-refractivity contribution in [2.45, 2.75) is 58.4 Å². The summed E-state index contributed by atoms with van der Waals surface area (Å²) in [6.07, 6.45) is 4.94. The molecule has 0 N–H and O–H groups in total. The molecule has 0 bridgehead atoms. The Labute approximate surface area is 119 Å². The van der Waals surface area contributed by atoms with Crippen molar-refractivity contribution in [1.29, 1.82) is 0 Å². The van der Waals surface area contributed by atoms with Crippen LogP contribution in [-0.4, -0.2) is 19.3 Å². The zero-order chi connectivity index (χ0) is 14.0. The van der Waals surface area contributed by atoms with Gasteiger partial charge in [-0.05, 0) is 20.3 Å². The fraction of sp³-hybridized carbons (Fsp3) is 0.714. The van der Waals surface area contributed by atoms with Crippen LogP contribution in [-0.2, 0) is 12.9 Å². The molecule has 0 aliphatic carbocycles. The zero-order valence-corrected chi connectivity index (χ0v) is 13.0. The highest BCUT2D eigenvalue weighted by Crippen LogP contribution is 2.26. The predicted octanol–water partition coefficient (Wildman–Crippen LogP) is 3.96. The van der Waals surface area contributed by atoms with E-state index in [4.69, 9.17) is 11.6 Å². The van der Waals surface area contributed by atoms with Crippen LogP contribution in [0.2, 0.25) is 0 Å². The van der Waals surface area contributed by atoms with E-state index in [0.717, 1.165) is 29.1 Å². The van der Waals surface area contributed by atoms with Gasteiger partial charge in [0.15, 0.2) is 5.65 Å². The lowest BCUT2D eigenvalue weighted by Crippen LogP contribution is -2.11. The van der Waals surface area contributed by atoms with Gasteiger partial charge in [0, 0.05) is 13.1 Å². The van der Waals surface area contributed by atoms with Crippen molar-refractivity contribution >= 4 is 22.8 Å². The molecule has 0 aliphatic heterocycles. The van der Waals surface area contributed by atoms with Gasteiger partial charge in [0.25, 0.3) is 0 Å². The SMILES string of the molecule is CCCCCC(C)n1c(CCl)nc2c(C)nn(C)c21. The second-order valence-electron chi connectivity index (χ2n) is 5.26. The number of aryl methyl sites for hydroxylation is 2. The van der Waals surface area contributed by atoms with E-state index in [-0.39, 0.29) is 0 Å². The Hall–Kier alpha value is -1.03. The molecule has 0 aliphatic rings. The van der Waals surface area contributed by atoms with Crippen LogP contribution in [0.5, 0.6) is 0 Å². The molecule has 2 aromatic heterocycles. The minimum Gasteiger partial charge on any atom is -0.309 e. The molecule has 0 radical (unpaired) electrons. The first-order valence-corrected chi connectivity index (χ1v) is 7.60. The van der Waals surface area contributed by atoms with Crippen LogP contribution in [0.4, 0.5) is 0 Å². The van der Waals surface area contributed by atoms with Crippen molar-refractivity contribution < 1.29 is 0 Å². The lowest BCUT2D eigenvalue weighted by molar-refractivity contribution is 0.470. The summed E-state index contributed by atoms with van der Waals surface area (Å²) in [6.45, 7) is 6.48. The molecule has 106 valence electrons. The van der Waals surface area contributed by atoms with Crippen molar-refractivity contribution in [1.82, 2.24) is 19.3 Å². The maximum atomic E-state index is 6.06. The van der Waals surface area contributed by atoms with Gasteiger partial charge in [0.2, 0.25) is 0 Å². The van der Waals surface area contributed by atoms with Crippen LogP contribution in [0.3, 0.4) is 0 Å². The Balaban J connectivity index is 2.39. The summed E-state index contributed by atoms with van der Waals surface area (Å²) in [7, 11) is 1.98. The molecule has 5 heteroatoms. The summed E-state index contributed by atoms with van der Waals surface area (Å²) in [6, 6.07) is 0.417. The average molecular weight is 283 g/mol. The standard InChI is InChI=1S/C14H23ClN4/c1-5-6-7-8-10(2)19-12(9-15)16-13-11(3)17-18(4)14(13)19/h10H,5-9H2,1-4H3. The van der Waals surface area contributed by atoms with Gasteiger partial charge in [-0.15, -0.1) is 11.6 Å². The Morgan fingerprint density at radius 3 is 2.68 bits per heavy atom. The highest BCUT2D eigenvalue weighted by atomic mass is 35.5. The molecule has 0 saturated heterocycles. The minimum atomic E-state index is 0.417. The molecule has 0 spiro atoms. The molecule has 2 aromatic rings. The van der Waals surface area contributed by atoms with E-state index in [9.17, 15) is 0 Å². The molecular weight excluding hydrogens is 260 g/mol. The number of rotatable bonds is 6. The molecule has 0 fully saturated rings. The highest BCUT2D eigenvalue weighted by Gasteiger charge is 2.20. The van der Waals surface area contributed by atoms with E-state index in [1.54, 1.807) is 0 Å². The van der Waals surface area contributed by atoms with Crippen LogP contribution >= 0.6 is 11.6 Å². The summed E-state index contributed by atoms with van der Waals surface area (Å²) in [4.78, 5) is 4.65. The van der Waals surface area contributed by atoms with Crippen molar-refractivity contribution in [3.8, 4) is 0 Å². The van der Waals surface area contributed by atoms with Gasteiger partial charge in [-0.2, -0.15) is 5.10 Å². The summed E-state index contributed by atoms with van der Waals surface area (Å²) >= 11 is 6.06. The molecule has 4 nitrogen and oxygen atoms in total. The van der Waals surface area contributed by atoms with E-state index in [0.29, 0.717) is 11.9 Å². The third kappa shape index (κ3) is 2.64. The average Bonchev–Trinajstić information content (AvgIpc) is 2.89. The van der Waals surface area contributed by atoms with Gasteiger partial charge in [-0.1, -0.05) is 26.2 Å². The second-order valence-corrected chi connectivity index (χ2v) is 5.52. The summed E-state index contributed by atoms with van der Waals surface area (Å²) in [5, 5.41) is 4.46. The molecule has 2 rings (SSSR count). The maximum absolute atomic E-state index is 6.06. The summed E-state index contributed by atoms with van der Waals surface area (Å²) < 4.78 is 4.18. The lowest BCUT2D eigenvalue weighted by Gasteiger charge is -2.16. The molecular formula is C14H23ClN4. The third-order valence-electron chi connectivity index (χ3n) is 3.69. The predicted molar refractivity (Wildman–Crippen MR) is 79.6 cm³/mol. The van der Waals surface area contributed by atoms with Gasteiger partial charge in [-0.3, -0.25) is 4.68 Å². The van der Waals surface area contributed by atoms with Gasteiger partial charge in [-0.25, -0.2) is 4.98 Å². The number of unbranched alkanes of at least 4 members (excludes halogenated alkanes) is 2. The smallest absolute Gasteiger partial charge is 0.158 e. The van der Waals surface area contributed by atoms with Crippen molar-refractivity contribution in [2.24, 2.45) is 7.05 Å². The third-order valence-corrected chi connectivity index (χ3v) is 3.93. The molecule has 19 heavy (non-hydrogen) atoms. The van der Waals surface area contributed by atoms with Crippen LogP contribution in [0.25, 0.3) is 11.2 Å². The maximum Gasteiger partial charge on any atom is 0.158 e. The first kappa shape index (κ1) is 14.4. The topological polar surface area (TPSA) is 35.6 Å². The normalized spacial score (nSPS) is 13.3. The number of nitrogens with zero attached hydrogens (tertiary/aromatic N) is 4. The number of imidazole rings is 1. The van der Waals surface area contributed by atoms with Crippen molar-refractivity contribution in [3.63, 3.8) is 0 Å². The largest absolute Gasteiger partial charge is 0.309 e. The van der Waals surface area contributed by atoms with E-state index in [1.165, 1.54) is 19.3 Å². The Kier molecular flexibility index (Phi) is 4.50. The molecule has 1 atom stereocenters. The number of aromatic nitrogens is 4. The quantitative estimate of drug-likeness (QED) is 0.594. The number of halogens is 1. The fourth-order valence-electron chi connectivity index (χ4n) is 2.72. The molecule has 0 aromatic carbocycles. The first-order chi connectivity index (χ1) is 9.10. The van der Waals surface area contributed by atoms with Crippen LogP contribution in [0.15, 0.2) is 0 Å². The lowest BCUT2D eigenvalue weighted by atomic mass is 10.1. The molecule has 0 saturated carbocycles. The first-order valence-electron chi connectivity index (χ1n) is 7.06. The Morgan fingerprint density at radius 2 is 2.05 bits per heavy atom. The van der Waals surface area contributed by atoms with E-state index >= 15 is 0 Å². The molecule has 1 unspecified atom stereocenters. The number of fused-ring (bicyclic) bond motifs is 1. The van der Waals surface area contributed by atoms with Crippen molar-refractivity contribution in [2.75, 3.05) is 0 Å². The van der Waals surface area contributed by atoms with E-state index in [2.05, 4.69) is 28.5 Å². The Bertz CT molecular complexity index is 555. The van der Waals surface area contributed by atoms with Gasteiger partial charge >= 0.3 is 0 Å².